The predicted octanol–water partition coefficient (Wildman–Crippen LogP) is 1.44. The smallest absolute Gasteiger partial charge is 0.195 e. The molecule has 0 aromatic carbocycles. The number of rotatable bonds is 2. The summed E-state index contributed by atoms with van der Waals surface area (Å²) in [7, 11) is 1.88. The molecule has 0 aliphatic carbocycles. The lowest BCUT2D eigenvalue weighted by molar-refractivity contribution is 0.122. The molecule has 1 saturated heterocycles. The highest BCUT2D eigenvalue weighted by Gasteiger charge is 2.16. The van der Waals surface area contributed by atoms with Gasteiger partial charge in [-0.2, -0.15) is 5.10 Å². The zero-order valence-electron chi connectivity index (χ0n) is 9.92. The molecule has 18 heavy (non-hydrogen) atoms. The normalized spacial score (nSPS) is 16.2. The first-order valence-electron chi connectivity index (χ1n) is 5.65. The third-order valence-corrected chi connectivity index (χ3v) is 4.15. The van der Waals surface area contributed by atoms with Gasteiger partial charge in [0.05, 0.1) is 13.2 Å². The van der Waals surface area contributed by atoms with Crippen molar-refractivity contribution < 1.29 is 4.74 Å². The van der Waals surface area contributed by atoms with Gasteiger partial charge in [0.1, 0.15) is 5.69 Å². The van der Waals surface area contributed by atoms with Crippen LogP contribution in [0.1, 0.15) is 0 Å². The summed E-state index contributed by atoms with van der Waals surface area (Å²) in [5.41, 5.74) is 0.858. The van der Waals surface area contributed by atoms with E-state index in [-0.39, 0.29) is 0 Å². The monoisotopic (exact) mass is 283 g/mol. The maximum atomic E-state index is 5.34. The van der Waals surface area contributed by atoms with Crippen molar-refractivity contribution in [2.45, 2.75) is 0 Å². The molecule has 0 amide bonds. The highest BCUT2D eigenvalue weighted by Crippen LogP contribution is 2.26. The number of aromatic nitrogens is 4. The molecule has 0 spiro atoms. The van der Waals surface area contributed by atoms with Crippen LogP contribution in [0.5, 0.6) is 0 Å². The van der Waals surface area contributed by atoms with Crippen LogP contribution in [0.25, 0.3) is 11.5 Å². The Labute approximate surface area is 113 Å². The predicted molar refractivity (Wildman–Crippen MR) is 72.5 cm³/mol. The van der Waals surface area contributed by atoms with Gasteiger partial charge in [-0.1, -0.05) is 0 Å². The molecule has 3 rings (SSSR count). The number of anilines is 1. The number of thiazole rings is 1. The molecule has 6 nitrogen and oxygen atoms in total. The highest BCUT2D eigenvalue weighted by atomic mass is 32.1. The Balaban J connectivity index is 1.89. The number of hydrogen-bond acceptors (Lipinski definition) is 6. The minimum Gasteiger partial charge on any atom is -0.378 e. The van der Waals surface area contributed by atoms with E-state index in [1.807, 2.05) is 17.0 Å². The van der Waals surface area contributed by atoms with E-state index in [1.54, 1.807) is 11.3 Å². The van der Waals surface area contributed by atoms with Crippen LogP contribution in [0.15, 0.2) is 5.38 Å². The van der Waals surface area contributed by atoms with E-state index in [0.29, 0.717) is 4.77 Å². The molecular weight excluding hydrogens is 270 g/mol. The van der Waals surface area contributed by atoms with Gasteiger partial charge in [0.25, 0.3) is 0 Å². The van der Waals surface area contributed by atoms with Gasteiger partial charge in [-0.05, 0) is 12.2 Å². The average Bonchev–Trinajstić information content (AvgIpc) is 3.00. The van der Waals surface area contributed by atoms with E-state index in [9.17, 15) is 0 Å². The minimum atomic E-state index is 0.603. The number of nitrogens with zero attached hydrogens (tertiary/aromatic N) is 4. The summed E-state index contributed by atoms with van der Waals surface area (Å²) in [6.45, 7) is 3.32. The highest BCUT2D eigenvalue weighted by molar-refractivity contribution is 7.71. The van der Waals surface area contributed by atoms with Crippen LogP contribution in [0.2, 0.25) is 0 Å². The second kappa shape index (κ2) is 4.79. The van der Waals surface area contributed by atoms with Crippen LogP contribution in [0.4, 0.5) is 5.13 Å². The van der Waals surface area contributed by atoms with Gasteiger partial charge in [0.15, 0.2) is 15.7 Å². The maximum Gasteiger partial charge on any atom is 0.195 e. The van der Waals surface area contributed by atoms with E-state index in [4.69, 9.17) is 17.0 Å². The Morgan fingerprint density at radius 2 is 2.22 bits per heavy atom. The lowest BCUT2D eigenvalue weighted by atomic mass is 10.4. The van der Waals surface area contributed by atoms with Crippen molar-refractivity contribution >= 4 is 28.7 Å². The molecule has 0 saturated carbocycles. The van der Waals surface area contributed by atoms with Crippen molar-refractivity contribution in [3.8, 4) is 11.5 Å². The molecule has 96 valence electrons. The van der Waals surface area contributed by atoms with Gasteiger partial charge >= 0.3 is 0 Å². The van der Waals surface area contributed by atoms with E-state index in [1.165, 1.54) is 0 Å². The summed E-state index contributed by atoms with van der Waals surface area (Å²) in [5, 5.41) is 9.99. The SMILES string of the molecule is Cn1c(-c2csc(N3CCOCC3)n2)n[nH]c1=S. The Kier molecular flexibility index (Phi) is 3.14. The average molecular weight is 283 g/mol. The number of hydrogen-bond donors (Lipinski definition) is 1. The second-order valence-electron chi connectivity index (χ2n) is 4.03. The molecule has 1 aliphatic heterocycles. The van der Waals surface area contributed by atoms with Crippen molar-refractivity contribution in [1.29, 1.82) is 0 Å². The number of aromatic amines is 1. The zero-order valence-corrected chi connectivity index (χ0v) is 11.6. The maximum absolute atomic E-state index is 5.34. The minimum absolute atomic E-state index is 0.603. The van der Waals surface area contributed by atoms with Gasteiger partial charge in [0, 0.05) is 25.5 Å². The first kappa shape index (κ1) is 11.8. The van der Waals surface area contributed by atoms with E-state index in [2.05, 4.69) is 20.1 Å². The standard InChI is InChI=1S/C10H13N5OS2/c1-14-8(12-13-9(14)17)7-6-18-10(11-7)15-2-4-16-5-3-15/h6H,2-5H2,1H3,(H,13,17). The molecule has 1 fully saturated rings. The molecule has 8 heteroatoms. The summed E-state index contributed by atoms with van der Waals surface area (Å²) in [4.78, 5) is 6.85. The van der Waals surface area contributed by atoms with Gasteiger partial charge in [-0.3, -0.25) is 5.10 Å². The van der Waals surface area contributed by atoms with Crippen LogP contribution < -0.4 is 4.90 Å². The number of morpholine rings is 1. The Hall–Kier alpha value is -1.25. The largest absolute Gasteiger partial charge is 0.378 e. The molecule has 0 radical (unpaired) electrons. The first-order valence-corrected chi connectivity index (χ1v) is 6.94. The van der Waals surface area contributed by atoms with Crippen LogP contribution in [-0.2, 0) is 11.8 Å². The molecule has 2 aromatic heterocycles. The molecule has 2 aromatic rings. The zero-order chi connectivity index (χ0) is 12.5. The van der Waals surface area contributed by atoms with Gasteiger partial charge in [0.2, 0.25) is 0 Å². The van der Waals surface area contributed by atoms with Crippen LogP contribution >= 0.6 is 23.6 Å². The molecule has 1 N–H and O–H groups in total. The lowest BCUT2D eigenvalue weighted by Gasteiger charge is -2.25. The van der Waals surface area contributed by atoms with Crippen LogP contribution in [0.3, 0.4) is 0 Å². The molecule has 1 aliphatic rings. The fourth-order valence-electron chi connectivity index (χ4n) is 1.84. The summed E-state index contributed by atoms with van der Waals surface area (Å²) < 4.78 is 7.76. The van der Waals surface area contributed by atoms with Crippen LogP contribution in [-0.4, -0.2) is 46.1 Å². The summed E-state index contributed by atoms with van der Waals surface area (Å²) >= 11 is 6.73. The van der Waals surface area contributed by atoms with Crippen molar-refractivity contribution in [3.05, 3.63) is 10.2 Å². The third-order valence-electron chi connectivity index (χ3n) is 2.88. The summed E-state index contributed by atoms with van der Waals surface area (Å²) in [6, 6.07) is 0. The van der Waals surface area contributed by atoms with Gasteiger partial charge in [-0.25, -0.2) is 4.98 Å². The third kappa shape index (κ3) is 2.06. The Bertz CT molecular complexity index is 595. The quantitative estimate of drug-likeness (QED) is 0.845. The van der Waals surface area contributed by atoms with E-state index < -0.39 is 0 Å². The van der Waals surface area contributed by atoms with Crippen molar-refractivity contribution in [1.82, 2.24) is 19.7 Å². The summed E-state index contributed by atoms with van der Waals surface area (Å²) in [6.07, 6.45) is 0. The second-order valence-corrected chi connectivity index (χ2v) is 5.25. The van der Waals surface area contributed by atoms with Crippen LogP contribution in [0, 0.1) is 4.77 Å². The van der Waals surface area contributed by atoms with Gasteiger partial charge in [-0.15, -0.1) is 11.3 Å². The van der Waals surface area contributed by atoms with Gasteiger partial charge < -0.3 is 14.2 Å². The van der Waals surface area contributed by atoms with Crippen molar-refractivity contribution in [2.75, 3.05) is 31.2 Å². The van der Waals surface area contributed by atoms with Crippen molar-refractivity contribution in [3.63, 3.8) is 0 Å². The van der Waals surface area contributed by atoms with E-state index >= 15 is 0 Å². The lowest BCUT2D eigenvalue weighted by Crippen LogP contribution is -2.36. The number of ether oxygens (including phenoxy) is 1. The summed E-state index contributed by atoms with van der Waals surface area (Å²) in [5.74, 6) is 0.774. The molecule has 3 heterocycles. The first-order chi connectivity index (χ1) is 8.75. The Morgan fingerprint density at radius 3 is 2.89 bits per heavy atom. The molecule has 0 bridgehead atoms. The molecular formula is C10H13N5OS2. The molecule has 0 atom stereocenters. The fourth-order valence-corrected chi connectivity index (χ4v) is 2.83. The Morgan fingerprint density at radius 1 is 1.44 bits per heavy atom. The topological polar surface area (TPSA) is 59.0 Å². The van der Waals surface area contributed by atoms with Crippen molar-refractivity contribution in [2.24, 2.45) is 7.05 Å². The number of nitrogens with one attached hydrogen (secondary N) is 1. The molecule has 0 unspecified atom stereocenters. The fraction of sp³-hybridized carbons (Fsp3) is 0.500. The van der Waals surface area contributed by atoms with E-state index in [0.717, 1.165) is 43.0 Å². The number of H-pyrrole nitrogens is 1.